The summed E-state index contributed by atoms with van der Waals surface area (Å²) in [6.07, 6.45) is 8.72. The van der Waals surface area contributed by atoms with E-state index in [1.54, 1.807) is 6.08 Å². The van der Waals surface area contributed by atoms with Gasteiger partial charge < -0.3 is 4.90 Å². The summed E-state index contributed by atoms with van der Waals surface area (Å²) in [6, 6.07) is 40.4. The van der Waals surface area contributed by atoms with Crippen LogP contribution in [0.4, 0.5) is 11.4 Å². The highest BCUT2D eigenvalue weighted by Crippen LogP contribution is 2.61. The maximum absolute atomic E-state index is 14.1. The first kappa shape index (κ1) is 34.1. The molecule has 3 aliphatic rings. The van der Waals surface area contributed by atoms with Gasteiger partial charge in [0.2, 0.25) is 0 Å². The number of nitrogens with zero attached hydrogens (tertiary/aromatic N) is 1. The van der Waals surface area contributed by atoms with E-state index in [0.29, 0.717) is 0 Å². The van der Waals surface area contributed by atoms with Crippen LogP contribution in [0.15, 0.2) is 139 Å². The Morgan fingerprint density at radius 3 is 1.68 bits per heavy atom. The summed E-state index contributed by atoms with van der Waals surface area (Å²) in [7, 11) is 0. The zero-order valence-electron chi connectivity index (χ0n) is 28.4. The second kappa shape index (κ2) is 13.3. The molecule has 0 atom stereocenters. The van der Waals surface area contributed by atoms with Gasteiger partial charge in [0, 0.05) is 22.2 Å². The Kier molecular flexibility index (Phi) is 8.59. The second-order valence-corrected chi connectivity index (χ2v) is 15.4. The van der Waals surface area contributed by atoms with Gasteiger partial charge >= 0.3 is 0 Å². The van der Waals surface area contributed by atoms with Crippen molar-refractivity contribution in [2.45, 2.75) is 37.5 Å². The summed E-state index contributed by atoms with van der Waals surface area (Å²) >= 11 is 25.9. The number of halogens is 4. The molecule has 1 heterocycles. The Labute approximate surface area is 328 Å². The highest BCUT2D eigenvalue weighted by molar-refractivity contribution is 6.57. The third-order valence-electron chi connectivity index (χ3n) is 11.1. The standard InChI is InChI=1S/C46H31Cl4NO2/c47-39-36-37(40(48)42(50)41(39)49)45(53)33(44(36)52)22-24-35-46(25-10-3-11-26-46)38-30-18-9-8-17-29(30)21-23-34(38)51(35)43-31(27-13-4-1-5-14-27)19-12-20-32(43)28-15-6-2-7-16-28/h1-2,4-9,12-24H,3,10-11,25-26H2/b35-24+. The maximum Gasteiger partial charge on any atom is 0.199 e. The average Bonchev–Trinajstić information content (AvgIpc) is 3.61. The molecule has 53 heavy (non-hydrogen) atoms. The maximum atomic E-state index is 14.1. The SMILES string of the molecule is O=C1C(=C/C=C2/N(c3c(-c4ccccc4)cccc3-c3ccccc3)c3ccc4ccccc4c3C23CCCCC3)C(=O)c2c(Cl)c(Cl)c(Cl)c(Cl)c21. The van der Waals surface area contributed by atoms with Crippen molar-refractivity contribution in [3.8, 4) is 22.3 Å². The van der Waals surface area contributed by atoms with Crippen LogP contribution in [0.3, 0.4) is 0 Å². The lowest BCUT2D eigenvalue weighted by atomic mass is 9.67. The van der Waals surface area contributed by atoms with Crippen LogP contribution in [0, 0.1) is 0 Å². The van der Waals surface area contributed by atoms with Crippen molar-refractivity contribution >= 4 is 80.1 Å². The molecule has 0 amide bonds. The molecule has 0 saturated heterocycles. The number of anilines is 2. The minimum atomic E-state index is -0.521. The monoisotopic (exact) mass is 769 g/mol. The van der Waals surface area contributed by atoms with Crippen LogP contribution in [0.5, 0.6) is 0 Å². The van der Waals surface area contributed by atoms with E-state index in [1.165, 1.54) is 16.3 Å². The predicted molar refractivity (Wildman–Crippen MR) is 219 cm³/mol. The number of carbonyl (C=O) groups excluding carboxylic acids is 2. The number of hydrogen-bond acceptors (Lipinski definition) is 3. The van der Waals surface area contributed by atoms with Crippen LogP contribution in [0.2, 0.25) is 20.1 Å². The van der Waals surface area contributed by atoms with Crippen LogP contribution in [-0.2, 0) is 5.41 Å². The summed E-state index contributed by atoms with van der Waals surface area (Å²) in [5, 5.41) is 2.14. The van der Waals surface area contributed by atoms with Crippen molar-refractivity contribution in [3.05, 3.63) is 175 Å². The highest BCUT2D eigenvalue weighted by atomic mass is 35.5. The minimum absolute atomic E-state index is 0.00792. The molecular weight excluding hydrogens is 740 g/mol. The number of benzene rings is 6. The molecule has 0 bridgehead atoms. The predicted octanol–water partition coefficient (Wildman–Crippen LogP) is 14.0. The molecule has 0 radical (unpaired) electrons. The first-order valence-corrected chi connectivity index (χ1v) is 19.3. The van der Waals surface area contributed by atoms with Gasteiger partial charge in [-0.2, -0.15) is 0 Å². The zero-order valence-corrected chi connectivity index (χ0v) is 31.5. The lowest BCUT2D eigenvalue weighted by Gasteiger charge is -2.38. The molecule has 0 unspecified atom stereocenters. The van der Waals surface area contributed by atoms with Crippen LogP contribution in [0.1, 0.15) is 58.4 Å². The van der Waals surface area contributed by atoms with Gasteiger partial charge in [0.05, 0.1) is 48.2 Å². The van der Waals surface area contributed by atoms with Gasteiger partial charge in [0.15, 0.2) is 11.6 Å². The fourth-order valence-electron chi connectivity index (χ4n) is 8.79. The lowest BCUT2D eigenvalue weighted by molar-refractivity contribution is 0.0989. The van der Waals surface area contributed by atoms with E-state index < -0.39 is 17.0 Å². The number of hydrogen-bond donors (Lipinski definition) is 0. The fourth-order valence-corrected chi connectivity index (χ4v) is 9.81. The highest BCUT2D eigenvalue weighted by Gasteiger charge is 2.50. The molecule has 1 saturated carbocycles. The topological polar surface area (TPSA) is 37.4 Å². The van der Waals surface area contributed by atoms with Crippen LogP contribution in [-0.4, -0.2) is 11.6 Å². The molecule has 1 fully saturated rings. The smallest absolute Gasteiger partial charge is 0.199 e. The Hall–Kier alpha value is -4.64. The second-order valence-electron chi connectivity index (χ2n) is 13.9. The summed E-state index contributed by atoms with van der Waals surface area (Å²) in [5.41, 5.74) is 8.28. The zero-order chi connectivity index (χ0) is 36.4. The number of ketones is 2. The molecular formula is C46H31Cl4NO2. The van der Waals surface area contributed by atoms with Crippen molar-refractivity contribution in [2.75, 3.05) is 4.90 Å². The quantitative estimate of drug-likeness (QED) is 0.0775. The van der Waals surface area contributed by atoms with Crippen molar-refractivity contribution in [1.29, 1.82) is 0 Å². The summed E-state index contributed by atoms with van der Waals surface area (Å²) in [6.45, 7) is 0. The van der Waals surface area contributed by atoms with Crippen molar-refractivity contribution in [2.24, 2.45) is 0 Å². The van der Waals surface area contributed by atoms with E-state index in [0.717, 1.165) is 71.4 Å². The molecule has 2 aliphatic carbocycles. The lowest BCUT2D eigenvalue weighted by Crippen LogP contribution is -2.32. The number of allylic oxidation sites excluding steroid dienone is 4. The van der Waals surface area contributed by atoms with Gasteiger partial charge in [-0.1, -0.05) is 175 Å². The first-order valence-electron chi connectivity index (χ1n) is 17.8. The third kappa shape index (κ3) is 5.24. The van der Waals surface area contributed by atoms with Crippen molar-refractivity contribution < 1.29 is 9.59 Å². The van der Waals surface area contributed by atoms with Crippen molar-refractivity contribution in [1.82, 2.24) is 0 Å². The molecule has 3 nitrogen and oxygen atoms in total. The number of rotatable bonds is 4. The van der Waals surface area contributed by atoms with E-state index >= 15 is 0 Å². The summed E-state index contributed by atoms with van der Waals surface area (Å²) in [5.74, 6) is -1.04. The molecule has 0 aromatic heterocycles. The molecule has 1 spiro atoms. The Balaban J connectivity index is 1.37. The minimum Gasteiger partial charge on any atom is -0.312 e. The first-order chi connectivity index (χ1) is 25.8. The van der Waals surface area contributed by atoms with Gasteiger partial charge in [0.1, 0.15) is 0 Å². The molecule has 1 aliphatic heterocycles. The third-order valence-corrected chi connectivity index (χ3v) is 12.9. The molecule has 7 heteroatoms. The Bertz CT molecular complexity index is 2460. The van der Waals surface area contributed by atoms with Crippen LogP contribution >= 0.6 is 46.4 Å². The van der Waals surface area contributed by atoms with E-state index in [4.69, 9.17) is 46.4 Å². The number of para-hydroxylation sites is 1. The van der Waals surface area contributed by atoms with Crippen LogP contribution in [0.25, 0.3) is 33.0 Å². The average molecular weight is 772 g/mol. The summed E-state index contributed by atoms with van der Waals surface area (Å²) < 4.78 is 0. The van der Waals surface area contributed by atoms with Crippen LogP contribution < -0.4 is 4.90 Å². The largest absolute Gasteiger partial charge is 0.312 e. The van der Waals surface area contributed by atoms with E-state index in [9.17, 15) is 9.59 Å². The fraction of sp³-hybridized carbons (Fsp3) is 0.130. The van der Waals surface area contributed by atoms with Gasteiger partial charge in [-0.25, -0.2) is 0 Å². The Morgan fingerprint density at radius 2 is 1.09 bits per heavy atom. The Morgan fingerprint density at radius 1 is 0.547 bits per heavy atom. The molecule has 260 valence electrons. The molecule has 6 aromatic rings. The van der Waals surface area contributed by atoms with Crippen molar-refractivity contribution in [3.63, 3.8) is 0 Å². The van der Waals surface area contributed by atoms with Gasteiger partial charge in [-0.3, -0.25) is 9.59 Å². The number of carbonyl (C=O) groups is 2. The molecule has 0 N–H and O–H groups in total. The molecule has 6 aromatic carbocycles. The molecule has 9 rings (SSSR count). The number of fused-ring (bicyclic) bond motifs is 5. The normalized spacial score (nSPS) is 16.9. The summed E-state index contributed by atoms with van der Waals surface area (Å²) in [4.78, 5) is 30.5. The van der Waals surface area contributed by atoms with E-state index in [-0.39, 0.29) is 36.8 Å². The van der Waals surface area contributed by atoms with Gasteiger partial charge in [0.25, 0.3) is 0 Å². The van der Waals surface area contributed by atoms with Gasteiger partial charge in [-0.15, -0.1) is 0 Å². The van der Waals surface area contributed by atoms with E-state index in [2.05, 4.69) is 108 Å². The van der Waals surface area contributed by atoms with Gasteiger partial charge in [-0.05, 0) is 58.5 Å². The van der Waals surface area contributed by atoms with E-state index in [1.807, 2.05) is 18.2 Å². The number of Topliss-reactive ketones (excluding diaryl/α,β-unsaturated/α-hetero) is 2.